The Morgan fingerprint density at radius 1 is 1.30 bits per heavy atom. The fraction of sp³-hybridized carbons (Fsp3) is 0.353. The van der Waals surface area contributed by atoms with Crippen LogP contribution in [0.1, 0.15) is 48.8 Å². The van der Waals surface area contributed by atoms with Crippen LogP contribution >= 0.6 is 11.6 Å². The summed E-state index contributed by atoms with van der Waals surface area (Å²) >= 11 is 6.08. The van der Waals surface area contributed by atoms with Crippen LogP contribution in [0.5, 0.6) is 0 Å². The van der Waals surface area contributed by atoms with Gasteiger partial charge in [0, 0.05) is 0 Å². The van der Waals surface area contributed by atoms with Gasteiger partial charge in [0.2, 0.25) is 0 Å². The van der Waals surface area contributed by atoms with Crippen LogP contribution in [0.15, 0.2) is 36.7 Å². The third-order valence-corrected chi connectivity index (χ3v) is 4.55. The lowest BCUT2D eigenvalue weighted by Crippen LogP contribution is -2.28. The third-order valence-electron chi connectivity index (χ3n) is 4.28. The molecule has 120 valence electrons. The summed E-state index contributed by atoms with van der Waals surface area (Å²) in [6.45, 7) is 3.38. The topological polar surface area (TPSA) is 61.2 Å². The number of halogens is 1. The largest absolute Gasteiger partial charge is 0.446 e. The molecule has 23 heavy (non-hydrogen) atoms. The molecule has 1 heterocycles. The summed E-state index contributed by atoms with van der Waals surface area (Å²) in [7, 11) is 0. The zero-order valence-corrected chi connectivity index (χ0v) is 13.7. The van der Waals surface area contributed by atoms with Crippen molar-refractivity contribution in [3.05, 3.63) is 53.1 Å². The van der Waals surface area contributed by atoms with Gasteiger partial charge >= 0.3 is 5.97 Å². The Morgan fingerprint density at radius 2 is 1.96 bits per heavy atom. The lowest BCUT2D eigenvalue weighted by molar-refractivity contribution is -0.127. The molecule has 1 fully saturated rings. The molecule has 0 amide bonds. The standard InChI is InChI=1S/C17H17ClN2O3/c1-11(13-6-4-3-5-7-13)20-10-19-15(18)14(20)16(22)23-17(8-9-17)12(2)21/h3-7,10-11H,8-9H2,1-2H3/t11-/m1/s1. The molecule has 0 aliphatic heterocycles. The Kier molecular flexibility index (Phi) is 3.98. The first kappa shape index (κ1) is 15.7. The van der Waals surface area contributed by atoms with Crippen molar-refractivity contribution >= 4 is 23.4 Å². The van der Waals surface area contributed by atoms with E-state index in [-0.39, 0.29) is 22.7 Å². The summed E-state index contributed by atoms with van der Waals surface area (Å²) in [6.07, 6.45) is 2.64. The van der Waals surface area contributed by atoms with Crippen LogP contribution in [0.2, 0.25) is 5.15 Å². The second kappa shape index (κ2) is 5.81. The predicted octanol–water partition coefficient (Wildman–Crippen LogP) is 3.42. The van der Waals surface area contributed by atoms with Crippen molar-refractivity contribution in [2.24, 2.45) is 0 Å². The maximum Gasteiger partial charge on any atom is 0.359 e. The van der Waals surface area contributed by atoms with Crippen molar-refractivity contribution in [2.45, 2.75) is 38.3 Å². The zero-order valence-electron chi connectivity index (χ0n) is 13.0. The van der Waals surface area contributed by atoms with Gasteiger partial charge in [-0.25, -0.2) is 9.78 Å². The van der Waals surface area contributed by atoms with Crippen molar-refractivity contribution in [3.63, 3.8) is 0 Å². The van der Waals surface area contributed by atoms with Crippen LogP contribution in [0.4, 0.5) is 0 Å². The highest BCUT2D eigenvalue weighted by Crippen LogP contribution is 2.41. The normalized spacial score (nSPS) is 16.7. The molecule has 1 aliphatic rings. The lowest BCUT2D eigenvalue weighted by Gasteiger charge is -2.18. The van der Waals surface area contributed by atoms with Gasteiger partial charge in [0.25, 0.3) is 0 Å². The molecular formula is C17H17ClN2O3. The van der Waals surface area contributed by atoms with Crippen LogP contribution in [0, 0.1) is 0 Å². The third kappa shape index (κ3) is 2.88. The van der Waals surface area contributed by atoms with Gasteiger partial charge in [-0.15, -0.1) is 0 Å². The van der Waals surface area contributed by atoms with E-state index in [9.17, 15) is 9.59 Å². The number of benzene rings is 1. The summed E-state index contributed by atoms with van der Waals surface area (Å²) < 4.78 is 7.11. The van der Waals surface area contributed by atoms with E-state index >= 15 is 0 Å². The minimum atomic E-state index is -0.967. The monoisotopic (exact) mass is 332 g/mol. The van der Waals surface area contributed by atoms with Crippen LogP contribution < -0.4 is 0 Å². The minimum Gasteiger partial charge on any atom is -0.446 e. The van der Waals surface area contributed by atoms with E-state index in [4.69, 9.17) is 16.3 Å². The number of aromatic nitrogens is 2. The SMILES string of the molecule is CC(=O)C1(OC(=O)c2c(Cl)ncn2[C@H](C)c2ccccc2)CC1. The molecule has 1 atom stereocenters. The van der Waals surface area contributed by atoms with Crippen molar-refractivity contribution in [2.75, 3.05) is 0 Å². The van der Waals surface area contributed by atoms with Gasteiger partial charge in [0.15, 0.2) is 22.2 Å². The van der Waals surface area contributed by atoms with Gasteiger partial charge in [-0.2, -0.15) is 0 Å². The highest BCUT2D eigenvalue weighted by molar-refractivity contribution is 6.32. The van der Waals surface area contributed by atoms with E-state index in [0.717, 1.165) is 5.56 Å². The number of rotatable bonds is 5. The maximum atomic E-state index is 12.5. The van der Waals surface area contributed by atoms with E-state index in [1.54, 1.807) is 4.57 Å². The molecule has 6 heteroatoms. The van der Waals surface area contributed by atoms with E-state index < -0.39 is 11.6 Å². The van der Waals surface area contributed by atoms with Crippen molar-refractivity contribution in [3.8, 4) is 0 Å². The van der Waals surface area contributed by atoms with Crippen molar-refractivity contribution in [1.29, 1.82) is 0 Å². The summed E-state index contributed by atoms with van der Waals surface area (Å²) in [5, 5.41) is 0.0807. The van der Waals surface area contributed by atoms with Gasteiger partial charge in [-0.05, 0) is 32.3 Å². The predicted molar refractivity (Wildman–Crippen MR) is 85.6 cm³/mol. The molecule has 0 N–H and O–H groups in total. The second-order valence-electron chi connectivity index (χ2n) is 5.82. The van der Waals surface area contributed by atoms with Crippen LogP contribution in [0.25, 0.3) is 0 Å². The second-order valence-corrected chi connectivity index (χ2v) is 6.18. The number of ketones is 1. The number of hydrogen-bond acceptors (Lipinski definition) is 4. The Hall–Kier alpha value is -2.14. The van der Waals surface area contributed by atoms with Crippen molar-refractivity contribution in [1.82, 2.24) is 9.55 Å². The van der Waals surface area contributed by atoms with Gasteiger partial charge in [-0.1, -0.05) is 41.9 Å². The summed E-state index contributed by atoms with van der Waals surface area (Å²) in [6, 6.07) is 9.58. The van der Waals surface area contributed by atoms with E-state index in [1.165, 1.54) is 13.3 Å². The number of esters is 1. The molecule has 1 aromatic carbocycles. The molecule has 3 rings (SSSR count). The van der Waals surface area contributed by atoms with Gasteiger partial charge < -0.3 is 9.30 Å². The molecule has 1 aliphatic carbocycles. The molecule has 0 saturated heterocycles. The van der Waals surface area contributed by atoms with E-state index in [1.807, 2.05) is 37.3 Å². The average Bonchev–Trinajstić information content (AvgIpc) is 3.22. The van der Waals surface area contributed by atoms with E-state index in [2.05, 4.69) is 4.98 Å². The molecule has 5 nitrogen and oxygen atoms in total. The summed E-state index contributed by atoms with van der Waals surface area (Å²) in [5.74, 6) is -0.743. The maximum absolute atomic E-state index is 12.5. The number of Topliss-reactive ketones (excluding diaryl/α,β-unsaturated/α-hetero) is 1. The van der Waals surface area contributed by atoms with Crippen molar-refractivity contribution < 1.29 is 14.3 Å². The molecule has 1 aromatic heterocycles. The Morgan fingerprint density at radius 3 is 2.52 bits per heavy atom. The molecule has 2 aromatic rings. The Labute approximate surface area is 139 Å². The number of imidazole rings is 1. The highest BCUT2D eigenvalue weighted by atomic mass is 35.5. The Bertz CT molecular complexity index is 750. The molecule has 0 radical (unpaired) electrons. The molecule has 0 spiro atoms. The average molecular weight is 333 g/mol. The first-order valence-corrected chi connectivity index (χ1v) is 7.84. The number of ether oxygens (including phenoxy) is 1. The minimum absolute atomic E-state index is 0.0807. The van der Waals surface area contributed by atoms with Gasteiger partial charge in [0.05, 0.1) is 12.4 Å². The molecular weight excluding hydrogens is 316 g/mol. The number of hydrogen-bond donors (Lipinski definition) is 0. The number of carbonyl (C=O) groups is 2. The van der Waals surface area contributed by atoms with E-state index in [0.29, 0.717) is 12.8 Å². The number of carbonyl (C=O) groups excluding carboxylic acids is 2. The molecule has 0 bridgehead atoms. The Balaban J connectivity index is 1.90. The van der Waals surface area contributed by atoms with Crippen LogP contribution in [-0.4, -0.2) is 26.9 Å². The summed E-state index contributed by atoms with van der Waals surface area (Å²) in [5.41, 5.74) is 0.227. The molecule has 0 unspecified atom stereocenters. The molecule has 1 saturated carbocycles. The zero-order chi connectivity index (χ0) is 16.6. The lowest BCUT2D eigenvalue weighted by atomic mass is 10.1. The van der Waals surface area contributed by atoms with Crippen LogP contribution in [-0.2, 0) is 9.53 Å². The fourth-order valence-corrected chi connectivity index (χ4v) is 2.80. The first-order chi connectivity index (χ1) is 10.9. The highest BCUT2D eigenvalue weighted by Gasteiger charge is 2.52. The quantitative estimate of drug-likeness (QED) is 0.787. The van der Waals surface area contributed by atoms with Gasteiger partial charge in [-0.3, -0.25) is 4.79 Å². The van der Waals surface area contributed by atoms with Crippen LogP contribution in [0.3, 0.4) is 0 Å². The first-order valence-electron chi connectivity index (χ1n) is 7.46. The fourth-order valence-electron chi connectivity index (χ4n) is 2.58. The van der Waals surface area contributed by atoms with Gasteiger partial charge in [0.1, 0.15) is 0 Å². The number of nitrogens with zero attached hydrogens (tertiary/aromatic N) is 2. The summed E-state index contributed by atoms with van der Waals surface area (Å²) in [4.78, 5) is 28.2. The smallest absolute Gasteiger partial charge is 0.359 e.